The number of aromatic hydroxyl groups is 1. The Kier molecular flexibility index (Phi) is 5.70. The van der Waals surface area contributed by atoms with Gasteiger partial charge in [-0.25, -0.2) is 0 Å². The van der Waals surface area contributed by atoms with E-state index in [2.05, 4.69) is 66.0 Å². The summed E-state index contributed by atoms with van der Waals surface area (Å²) in [5.74, 6) is 0.305. The zero-order valence-electron chi connectivity index (χ0n) is 10.8. The Bertz CT molecular complexity index is 562. The minimum atomic E-state index is -0.0131. The second-order valence-corrected chi connectivity index (χ2v) is 6.94. The third kappa shape index (κ3) is 3.66. The SMILES string of the molecule is Oc1ccc(CC(CBr)(CBr)c2cccc(Br)c2)cc1. The molecule has 0 aromatic heterocycles. The summed E-state index contributed by atoms with van der Waals surface area (Å²) < 4.78 is 1.09. The molecule has 1 nitrogen and oxygen atoms in total. The Balaban J connectivity index is 2.36. The van der Waals surface area contributed by atoms with Gasteiger partial charge in [-0.1, -0.05) is 72.1 Å². The molecule has 0 unspecified atom stereocenters. The molecule has 0 aliphatic heterocycles. The van der Waals surface area contributed by atoms with Gasteiger partial charge in [0, 0.05) is 20.5 Å². The lowest BCUT2D eigenvalue weighted by molar-refractivity contribution is 0.474. The molecule has 0 radical (unpaired) electrons. The second kappa shape index (κ2) is 7.10. The second-order valence-electron chi connectivity index (χ2n) is 4.90. The molecule has 2 aromatic rings. The van der Waals surface area contributed by atoms with Gasteiger partial charge < -0.3 is 5.11 Å². The molecule has 0 heterocycles. The van der Waals surface area contributed by atoms with Crippen molar-refractivity contribution in [3.05, 3.63) is 64.1 Å². The van der Waals surface area contributed by atoms with Crippen LogP contribution in [-0.2, 0) is 11.8 Å². The van der Waals surface area contributed by atoms with Crippen LogP contribution in [0.3, 0.4) is 0 Å². The summed E-state index contributed by atoms with van der Waals surface area (Å²) in [6.07, 6.45) is 0.903. The quantitative estimate of drug-likeness (QED) is 0.588. The zero-order chi connectivity index (χ0) is 14.6. The number of halogens is 3. The molecular formula is C16H15Br3O. The summed E-state index contributed by atoms with van der Waals surface area (Å²) >= 11 is 10.9. The molecule has 0 spiro atoms. The first kappa shape index (κ1) is 16.1. The Labute approximate surface area is 144 Å². The monoisotopic (exact) mass is 460 g/mol. The Hall–Kier alpha value is -0.320. The third-order valence-electron chi connectivity index (χ3n) is 3.43. The fourth-order valence-corrected chi connectivity index (χ4v) is 4.58. The molecule has 0 amide bonds. The largest absolute Gasteiger partial charge is 0.508 e. The van der Waals surface area contributed by atoms with E-state index >= 15 is 0 Å². The van der Waals surface area contributed by atoms with Crippen molar-refractivity contribution in [2.45, 2.75) is 11.8 Å². The topological polar surface area (TPSA) is 20.2 Å². The molecule has 20 heavy (non-hydrogen) atoms. The van der Waals surface area contributed by atoms with Crippen molar-refractivity contribution in [1.82, 2.24) is 0 Å². The summed E-state index contributed by atoms with van der Waals surface area (Å²) in [4.78, 5) is 0. The number of hydrogen-bond acceptors (Lipinski definition) is 1. The molecule has 2 aromatic carbocycles. The lowest BCUT2D eigenvalue weighted by Crippen LogP contribution is -2.33. The van der Waals surface area contributed by atoms with Crippen LogP contribution in [0.1, 0.15) is 11.1 Å². The van der Waals surface area contributed by atoms with Crippen molar-refractivity contribution in [2.75, 3.05) is 10.7 Å². The van der Waals surface area contributed by atoms with Crippen molar-refractivity contribution in [3.8, 4) is 5.75 Å². The van der Waals surface area contributed by atoms with Crippen LogP contribution in [0.25, 0.3) is 0 Å². The van der Waals surface area contributed by atoms with Crippen LogP contribution in [0.15, 0.2) is 53.0 Å². The molecule has 0 bridgehead atoms. The van der Waals surface area contributed by atoms with E-state index in [-0.39, 0.29) is 5.41 Å². The van der Waals surface area contributed by atoms with Crippen molar-refractivity contribution in [2.24, 2.45) is 0 Å². The minimum Gasteiger partial charge on any atom is -0.508 e. The van der Waals surface area contributed by atoms with E-state index in [0.717, 1.165) is 21.6 Å². The van der Waals surface area contributed by atoms with Gasteiger partial charge in [-0.3, -0.25) is 0 Å². The zero-order valence-corrected chi connectivity index (χ0v) is 15.6. The summed E-state index contributed by atoms with van der Waals surface area (Å²) in [5.41, 5.74) is 2.48. The van der Waals surface area contributed by atoms with Gasteiger partial charge in [0.1, 0.15) is 5.75 Å². The molecule has 1 N–H and O–H groups in total. The number of hydrogen-bond donors (Lipinski definition) is 1. The normalized spacial score (nSPS) is 11.6. The average Bonchev–Trinajstić information content (AvgIpc) is 2.47. The summed E-state index contributed by atoms with van der Waals surface area (Å²) in [6.45, 7) is 0. The van der Waals surface area contributed by atoms with Crippen LogP contribution in [0.2, 0.25) is 0 Å². The number of benzene rings is 2. The van der Waals surface area contributed by atoms with Crippen molar-refractivity contribution in [1.29, 1.82) is 0 Å². The molecule has 106 valence electrons. The first-order chi connectivity index (χ1) is 9.59. The predicted octanol–water partition coefficient (Wildman–Crippen LogP) is 5.43. The number of phenols is 1. The molecule has 0 aliphatic carbocycles. The van der Waals surface area contributed by atoms with Crippen LogP contribution in [-0.4, -0.2) is 15.8 Å². The highest BCUT2D eigenvalue weighted by Crippen LogP contribution is 2.34. The van der Waals surface area contributed by atoms with E-state index in [1.165, 1.54) is 11.1 Å². The standard InChI is InChI=1S/C16H15Br3O/c17-10-16(11-18,13-2-1-3-14(19)8-13)9-12-4-6-15(20)7-5-12/h1-8,20H,9-11H2. The molecular weight excluding hydrogens is 448 g/mol. The van der Waals surface area contributed by atoms with Crippen LogP contribution < -0.4 is 0 Å². The molecule has 0 saturated heterocycles. The van der Waals surface area contributed by atoms with E-state index in [1.807, 2.05) is 18.2 Å². The highest BCUT2D eigenvalue weighted by atomic mass is 79.9. The average molecular weight is 463 g/mol. The van der Waals surface area contributed by atoms with Crippen LogP contribution >= 0.6 is 47.8 Å². The van der Waals surface area contributed by atoms with E-state index < -0.39 is 0 Å². The maximum absolute atomic E-state index is 9.40. The third-order valence-corrected chi connectivity index (χ3v) is 6.07. The van der Waals surface area contributed by atoms with Gasteiger partial charge in [0.2, 0.25) is 0 Å². The van der Waals surface area contributed by atoms with Crippen LogP contribution in [0, 0.1) is 0 Å². The summed E-state index contributed by atoms with van der Waals surface area (Å²) in [6, 6.07) is 15.9. The first-order valence-corrected chi connectivity index (χ1v) is 9.29. The number of phenolic OH excluding ortho intramolecular Hbond substituents is 1. The lowest BCUT2D eigenvalue weighted by Gasteiger charge is -2.31. The Morgan fingerprint density at radius 2 is 1.60 bits per heavy atom. The smallest absolute Gasteiger partial charge is 0.115 e. The van der Waals surface area contributed by atoms with E-state index in [1.54, 1.807) is 12.1 Å². The number of rotatable bonds is 5. The Morgan fingerprint density at radius 1 is 0.950 bits per heavy atom. The Morgan fingerprint density at radius 3 is 2.15 bits per heavy atom. The van der Waals surface area contributed by atoms with E-state index in [4.69, 9.17) is 0 Å². The molecule has 4 heteroatoms. The summed E-state index contributed by atoms with van der Waals surface area (Å²) in [5, 5.41) is 11.1. The maximum Gasteiger partial charge on any atom is 0.115 e. The lowest BCUT2D eigenvalue weighted by atomic mass is 9.79. The predicted molar refractivity (Wildman–Crippen MR) is 95.2 cm³/mol. The fourth-order valence-electron chi connectivity index (χ4n) is 2.21. The van der Waals surface area contributed by atoms with Gasteiger partial charge in [-0.05, 0) is 41.8 Å². The first-order valence-electron chi connectivity index (χ1n) is 6.25. The summed E-state index contributed by atoms with van der Waals surface area (Å²) in [7, 11) is 0. The van der Waals surface area contributed by atoms with Gasteiger partial charge >= 0.3 is 0 Å². The van der Waals surface area contributed by atoms with Crippen LogP contribution in [0.5, 0.6) is 5.75 Å². The number of alkyl halides is 2. The van der Waals surface area contributed by atoms with Gasteiger partial charge in [0.15, 0.2) is 0 Å². The molecule has 0 atom stereocenters. The van der Waals surface area contributed by atoms with E-state index in [0.29, 0.717) is 5.75 Å². The van der Waals surface area contributed by atoms with Crippen LogP contribution in [0.4, 0.5) is 0 Å². The highest BCUT2D eigenvalue weighted by molar-refractivity contribution is 9.10. The maximum atomic E-state index is 9.40. The van der Waals surface area contributed by atoms with Gasteiger partial charge in [0.25, 0.3) is 0 Å². The molecule has 0 saturated carbocycles. The fraction of sp³-hybridized carbons (Fsp3) is 0.250. The van der Waals surface area contributed by atoms with E-state index in [9.17, 15) is 5.11 Å². The van der Waals surface area contributed by atoms with Crippen molar-refractivity contribution >= 4 is 47.8 Å². The minimum absolute atomic E-state index is 0.0131. The van der Waals surface area contributed by atoms with Crippen molar-refractivity contribution in [3.63, 3.8) is 0 Å². The molecule has 0 aliphatic rings. The van der Waals surface area contributed by atoms with Gasteiger partial charge in [-0.2, -0.15) is 0 Å². The van der Waals surface area contributed by atoms with Gasteiger partial charge in [-0.15, -0.1) is 0 Å². The highest BCUT2D eigenvalue weighted by Gasteiger charge is 2.30. The molecule has 2 rings (SSSR count). The van der Waals surface area contributed by atoms with Crippen molar-refractivity contribution < 1.29 is 5.11 Å². The van der Waals surface area contributed by atoms with Gasteiger partial charge in [0.05, 0.1) is 0 Å². The molecule has 0 fully saturated rings.